The number of rotatable bonds is 5. The molecule has 0 saturated heterocycles. The molecule has 0 bridgehead atoms. The van der Waals surface area contributed by atoms with Crippen molar-refractivity contribution in [3.8, 4) is 5.75 Å². The first-order chi connectivity index (χ1) is 7.21. The Morgan fingerprint density at radius 3 is 2.80 bits per heavy atom. The molecule has 1 aromatic rings. The highest BCUT2D eigenvalue weighted by atomic mass is 16.5. The van der Waals surface area contributed by atoms with E-state index in [4.69, 9.17) is 4.74 Å². The summed E-state index contributed by atoms with van der Waals surface area (Å²) in [5, 5.41) is 3.22. The summed E-state index contributed by atoms with van der Waals surface area (Å²) in [6.07, 6.45) is 2.81. The fourth-order valence-electron chi connectivity index (χ4n) is 1.51. The molecule has 2 heteroatoms. The van der Waals surface area contributed by atoms with Crippen LogP contribution in [0, 0.1) is 0 Å². The molecule has 0 aliphatic rings. The van der Waals surface area contributed by atoms with E-state index in [1.807, 2.05) is 19.2 Å². The van der Waals surface area contributed by atoms with E-state index >= 15 is 0 Å². The SMILES string of the molecule is C=Cc1ccc(CC(C)NC)cc1OC. The Morgan fingerprint density at radius 1 is 1.53 bits per heavy atom. The molecule has 0 amide bonds. The molecule has 1 N–H and O–H groups in total. The van der Waals surface area contributed by atoms with Gasteiger partial charge in [-0.25, -0.2) is 0 Å². The summed E-state index contributed by atoms with van der Waals surface area (Å²) in [5.74, 6) is 0.894. The van der Waals surface area contributed by atoms with Crippen molar-refractivity contribution in [3.05, 3.63) is 35.9 Å². The summed E-state index contributed by atoms with van der Waals surface area (Å²) in [4.78, 5) is 0. The minimum atomic E-state index is 0.476. The van der Waals surface area contributed by atoms with Crippen molar-refractivity contribution in [2.75, 3.05) is 14.2 Å². The van der Waals surface area contributed by atoms with Crippen LogP contribution in [0.4, 0.5) is 0 Å². The summed E-state index contributed by atoms with van der Waals surface area (Å²) in [6, 6.07) is 6.71. The van der Waals surface area contributed by atoms with Crippen molar-refractivity contribution in [1.82, 2.24) is 5.32 Å². The first-order valence-corrected chi connectivity index (χ1v) is 5.18. The molecule has 0 aliphatic carbocycles. The molecule has 1 unspecified atom stereocenters. The molecule has 0 aromatic heterocycles. The Bertz CT molecular complexity index is 333. The van der Waals surface area contributed by atoms with E-state index in [0.29, 0.717) is 6.04 Å². The van der Waals surface area contributed by atoms with Crippen LogP contribution in [-0.2, 0) is 6.42 Å². The van der Waals surface area contributed by atoms with Crippen LogP contribution >= 0.6 is 0 Å². The van der Waals surface area contributed by atoms with Crippen LogP contribution in [0.2, 0.25) is 0 Å². The summed E-state index contributed by atoms with van der Waals surface area (Å²) in [5.41, 5.74) is 2.32. The van der Waals surface area contributed by atoms with Gasteiger partial charge >= 0.3 is 0 Å². The second-order valence-corrected chi connectivity index (χ2v) is 3.67. The molecule has 0 spiro atoms. The number of hydrogen-bond donors (Lipinski definition) is 1. The first-order valence-electron chi connectivity index (χ1n) is 5.18. The van der Waals surface area contributed by atoms with E-state index in [1.54, 1.807) is 7.11 Å². The zero-order chi connectivity index (χ0) is 11.3. The van der Waals surface area contributed by atoms with Crippen molar-refractivity contribution < 1.29 is 4.74 Å². The predicted molar refractivity (Wildman–Crippen MR) is 65.3 cm³/mol. The lowest BCUT2D eigenvalue weighted by molar-refractivity contribution is 0.413. The van der Waals surface area contributed by atoms with Gasteiger partial charge in [0.05, 0.1) is 7.11 Å². The number of likely N-dealkylation sites (N-methyl/N-ethyl adjacent to an activating group) is 1. The Morgan fingerprint density at radius 2 is 2.27 bits per heavy atom. The lowest BCUT2D eigenvalue weighted by atomic mass is 10.0. The van der Waals surface area contributed by atoms with Gasteiger partial charge in [-0.05, 0) is 32.0 Å². The van der Waals surface area contributed by atoms with Crippen LogP contribution in [0.25, 0.3) is 6.08 Å². The van der Waals surface area contributed by atoms with Crippen molar-refractivity contribution in [1.29, 1.82) is 0 Å². The van der Waals surface area contributed by atoms with Gasteiger partial charge in [0.15, 0.2) is 0 Å². The van der Waals surface area contributed by atoms with E-state index in [-0.39, 0.29) is 0 Å². The normalized spacial score (nSPS) is 12.2. The van der Waals surface area contributed by atoms with Crippen LogP contribution in [0.5, 0.6) is 5.75 Å². The van der Waals surface area contributed by atoms with Gasteiger partial charge in [0.25, 0.3) is 0 Å². The molecule has 2 nitrogen and oxygen atoms in total. The van der Waals surface area contributed by atoms with E-state index in [9.17, 15) is 0 Å². The summed E-state index contributed by atoms with van der Waals surface area (Å²) in [7, 11) is 3.66. The molecular formula is C13H19NO. The molecule has 1 rings (SSSR count). The number of hydrogen-bond acceptors (Lipinski definition) is 2. The van der Waals surface area contributed by atoms with E-state index in [1.165, 1.54) is 5.56 Å². The lowest BCUT2D eigenvalue weighted by Gasteiger charge is -2.12. The molecule has 1 aromatic carbocycles. The number of methoxy groups -OCH3 is 1. The van der Waals surface area contributed by atoms with Crippen molar-refractivity contribution in [2.45, 2.75) is 19.4 Å². The quantitative estimate of drug-likeness (QED) is 0.797. The molecule has 1 atom stereocenters. The van der Waals surface area contributed by atoms with Gasteiger partial charge < -0.3 is 10.1 Å². The minimum absolute atomic E-state index is 0.476. The summed E-state index contributed by atoms with van der Waals surface area (Å²) < 4.78 is 5.30. The van der Waals surface area contributed by atoms with Gasteiger partial charge in [-0.15, -0.1) is 0 Å². The topological polar surface area (TPSA) is 21.3 Å². The molecule has 0 aliphatic heterocycles. The second-order valence-electron chi connectivity index (χ2n) is 3.67. The minimum Gasteiger partial charge on any atom is -0.496 e. The predicted octanol–water partition coefficient (Wildman–Crippen LogP) is 2.49. The zero-order valence-corrected chi connectivity index (χ0v) is 9.71. The lowest BCUT2D eigenvalue weighted by Crippen LogP contribution is -2.23. The van der Waals surface area contributed by atoms with Crippen LogP contribution in [0.3, 0.4) is 0 Å². The Balaban J connectivity index is 2.88. The third-order valence-corrected chi connectivity index (χ3v) is 2.55. The Hall–Kier alpha value is -1.28. The van der Waals surface area contributed by atoms with E-state index < -0.39 is 0 Å². The van der Waals surface area contributed by atoms with Crippen LogP contribution in [0.15, 0.2) is 24.8 Å². The molecule has 15 heavy (non-hydrogen) atoms. The fourth-order valence-corrected chi connectivity index (χ4v) is 1.51. The molecular weight excluding hydrogens is 186 g/mol. The van der Waals surface area contributed by atoms with Crippen LogP contribution in [0.1, 0.15) is 18.1 Å². The summed E-state index contributed by atoms with van der Waals surface area (Å²) in [6.45, 7) is 5.91. The van der Waals surface area contributed by atoms with Gasteiger partial charge in [0.1, 0.15) is 5.75 Å². The average molecular weight is 205 g/mol. The third-order valence-electron chi connectivity index (χ3n) is 2.55. The van der Waals surface area contributed by atoms with Crippen molar-refractivity contribution in [3.63, 3.8) is 0 Å². The molecule has 0 heterocycles. The summed E-state index contributed by atoms with van der Waals surface area (Å²) >= 11 is 0. The van der Waals surface area contributed by atoms with Gasteiger partial charge in [-0.1, -0.05) is 24.8 Å². The maximum atomic E-state index is 5.30. The van der Waals surface area contributed by atoms with E-state index in [2.05, 4.69) is 31.0 Å². The van der Waals surface area contributed by atoms with E-state index in [0.717, 1.165) is 17.7 Å². The standard InChI is InChI=1S/C13H19NO/c1-5-12-7-6-11(8-10(2)14-3)9-13(12)15-4/h5-7,9-10,14H,1,8H2,2-4H3. The van der Waals surface area contributed by atoms with Gasteiger partial charge in [0, 0.05) is 11.6 Å². The highest BCUT2D eigenvalue weighted by molar-refractivity contribution is 5.56. The molecule has 0 fully saturated rings. The Kier molecular flexibility index (Phi) is 4.37. The van der Waals surface area contributed by atoms with Gasteiger partial charge in [-0.2, -0.15) is 0 Å². The highest BCUT2D eigenvalue weighted by Crippen LogP contribution is 2.21. The molecule has 0 saturated carbocycles. The highest BCUT2D eigenvalue weighted by Gasteiger charge is 2.04. The number of benzene rings is 1. The maximum Gasteiger partial charge on any atom is 0.126 e. The Labute approximate surface area is 92.0 Å². The monoisotopic (exact) mass is 205 g/mol. The van der Waals surface area contributed by atoms with Crippen molar-refractivity contribution in [2.24, 2.45) is 0 Å². The average Bonchev–Trinajstić information content (AvgIpc) is 2.28. The largest absolute Gasteiger partial charge is 0.496 e. The van der Waals surface area contributed by atoms with Crippen molar-refractivity contribution >= 4 is 6.08 Å². The molecule has 0 radical (unpaired) electrons. The zero-order valence-electron chi connectivity index (χ0n) is 9.71. The number of nitrogens with one attached hydrogen (secondary N) is 1. The second kappa shape index (κ2) is 5.56. The first kappa shape index (κ1) is 11.8. The maximum absolute atomic E-state index is 5.30. The molecule has 82 valence electrons. The van der Waals surface area contributed by atoms with Gasteiger partial charge in [0.2, 0.25) is 0 Å². The third kappa shape index (κ3) is 3.10. The fraction of sp³-hybridized carbons (Fsp3) is 0.385. The van der Waals surface area contributed by atoms with Crippen LogP contribution < -0.4 is 10.1 Å². The van der Waals surface area contributed by atoms with Crippen LogP contribution in [-0.4, -0.2) is 20.2 Å². The smallest absolute Gasteiger partial charge is 0.126 e. The number of ether oxygens (including phenoxy) is 1. The van der Waals surface area contributed by atoms with Gasteiger partial charge in [-0.3, -0.25) is 0 Å².